The van der Waals surface area contributed by atoms with E-state index in [4.69, 9.17) is 5.73 Å². The first-order valence-corrected chi connectivity index (χ1v) is 9.41. The maximum atomic E-state index is 9.42. The molecule has 3 nitrogen and oxygen atoms in total. The van der Waals surface area contributed by atoms with Gasteiger partial charge in [0, 0.05) is 18.9 Å². The van der Waals surface area contributed by atoms with Gasteiger partial charge >= 0.3 is 0 Å². The lowest BCUT2D eigenvalue weighted by Crippen LogP contribution is -2.46. The topological polar surface area (TPSA) is 53.1 Å². The summed E-state index contributed by atoms with van der Waals surface area (Å²) in [6, 6.07) is 18.8. The van der Waals surface area contributed by atoms with E-state index in [1.165, 1.54) is 11.3 Å². The summed E-state index contributed by atoms with van der Waals surface area (Å²) in [4.78, 5) is 2.38. The van der Waals surface area contributed by atoms with E-state index < -0.39 is 0 Å². The van der Waals surface area contributed by atoms with Crippen molar-refractivity contribution in [2.75, 3.05) is 7.05 Å². The van der Waals surface area contributed by atoms with Crippen LogP contribution < -0.4 is 5.73 Å². The number of rotatable bonds is 4. The van der Waals surface area contributed by atoms with Crippen molar-refractivity contribution in [3.63, 3.8) is 0 Å². The molecule has 1 saturated heterocycles. The first-order valence-electron chi connectivity index (χ1n) is 9.41. The molecule has 0 aliphatic carbocycles. The molecule has 0 spiro atoms. The van der Waals surface area contributed by atoms with Crippen LogP contribution in [0.2, 0.25) is 0 Å². The zero-order chi connectivity index (χ0) is 18.6. The molecule has 2 aromatic carbocycles. The van der Waals surface area contributed by atoms with Gasteiger partial charge in [-0.15, -0.1) is 0 Å². The Kier molecular flexibility index (Phi) is 5.32. The summed E-state index contributed by atoms with van der Waals surface area (Å²) in [6.45, 7) is 2.24. The van der Waals surface area contributed by atoms with Crippen LogP contribution in [0.3, 0.4) is 0 Å². The van der Waals surface area contributed by atoms with Crippen molar-refractivity contribution in [1.29, 1.82) is 5.26 Å². The third kappa shape index (κ3) is 3.08. The van der Waals surface area contributed by atoms with Crippen LogP contribution in [0.15, 0.2) is 60.4 Å². The fourth-order valence-corrected chi connectivity index (χ4v) is 4.40. The summed E-state index contributed by atoms with van der Waals surface area (Å²) < 4.78 is 0. The number of hydrogen-bond acceptors (Lipinski definition) is 3. The number of hydrogen-bond donors (Lipinski definition) is 1. The minimum Gasteiger partial charge on any atom is -0.403 e. The number of nitrogens with zero attached hydrogens (tertiary/aromatic N) is 2. The highest BCUT2D eigenvalue weighted by atomic mass is 15.2. The van der Waals surface area contributed by atoms with Crippen molar-refractivity contribution in [2.45, 2.75) is 44.6 Å². The van der Waals surface area contributed by atoms with E-state index in [1.54, 1.807) is 6.20 Å². The van der Waals surface area contributed by atoms with Gasteiger partial charge in [0.25, 0.3) is 0 Å². The average molecular weight is 345 g/mol. The van der Waals surface area contributed by atoms with Crippen LogP contribution in [0.1, 0.15) is 50.2 Å². The van der Waals surface area contributed by atoms with Gasteiger partial charge in [-0.1, -0.05) is 49.7 Å². The number of benzene rings is 2. The molecule has 2 N–H and O–H groups in total. The number of allylic oxidation sites excluding steroid dienone is 1. The van der Waals surface area contributed by atoms with Crippen LogP contribution in [0.5, 0.6) is 0 Å². The lowest BCUT2D eigenvalue weighted by molar-refractivity contribution is 0.0998. The molecule has 1 heterocycles. The molecule has 2 aromatic rings. The first kappa shape index (κ1) is 18.1. The monoisotopic (exact) mass is 345 g/mol. The molecule has 1 atom stereocenters. The van der Waals surface area contributed by atoms with E-state index in [2.05, 4.69) is 55.3 Å². The summed E-state index contributed by atoms with van der Waals surface area (Å²) in [5.41, 5.74) is 11.4. The van der Waals surface area contributed by atoms with E-state index in [0.29, 0.717) is 5.56 Å². The van der Waals surface area contributed by atoms with Crippen LogP contribution >= 0.6 is 0 Å². The number of nitrogens with two attached hydrogens (primary N) is 1. The van der Waals surface area contributed by atoms with E-state index in [-0.39, 0.29) is 5.54 Å². The third-order valence-electron chi connectivity index (χ3n) is 5.69. The second-order valence-electron chi connectivity index (χ2n) is 7.09. The Morgan fingerprint density at radius 2 is 2.00 bits per heavy atom. The Morgan fingerprint density at radius 1 is 1.23 bits per heavy atom. The lowest BCUT2D eigenvalue weighted by atomic mass is 9.73. The third-order valence-corrected chi connectivity index (χ3v) is 5.69. The van der Waals surface area contributed by atoms with Crippen molar-refractivity contribution >= 4 is 0 Å². The molecule has 1 fully saturated rings. The molecule has 0 aromatic heterocycles. The molecule has 3 rings (SSSR count). The van der Waals surface area contributed by atoms with Gasteiger partial charge in [-0.2, -0.15) is 5.26 Å². The molecule has 1 aliphatic heterocycles. The van der Waals surface area contributed by atoms with Gasteiger partial charge in [-0.05, 0) is 54.5 Å². The molecule has 0 bridgehead atoms. The summed E-state index contributed by atoms with van der Waals surface area (Å²) in [6.07, 6.45) is 7.16. The molecule has 3 heteroatoms. The minimum absolute atomic E-state index is 0.0859. The Labute approximate surface area is 156 Å². The standard InChI is InChI=1S/C23H27N3/c1-3-13-23(14-7-10-20(17-25)26(23)2)22-12-11-18(16-24)15-21(22)19-8-5-4-6-9-19/h4-6,8-9,11-12,15,17H,3,7,10,13-14,25H2,1-2H3/b20-17-. The average Bonchev–Trinajstić information content (AvgIpc) is 2.70. The summed E-state index contributed by atoms with van der Waals surface area (Å²) in [5.74, 6) is 0. The molecule has 0 radical (unpaired) electrons. The fourth-order valence-electron chi connectivity index (χ4n) is 4.40. The maximum absolute atomic E-state index is 9.42. The largest absolute Gasteiger partial charge is 0.403 e. The highest BCUT2D eigenvalue weighted by Crippen LogP contribution is 2.47. The Bertz CT molecular complexity index is 828. The van der Waals surface area contributed by atoms with Crippen LogP contribution in [-0.4, -0.2) is 11.9 Å². The quantitative estimate of drug-likeness (QED) is 0.835. The summed E-state index contributed by atoms with van der Waals surface area (Å²) in [7, 11) is 2.17. The van der Waals surface area contributed by atoms with E-state index in [0.717, 1.165) is 43.2 Å². The van der Waals surface area contributed by atoms with Crippen molar-refractivity contribution in [3.05, 3.63) is 71.6 Å². The molecular weight excluding hydrogens is 318 g/mol. The van der Waals surface area contributed by atoms with Gasteiger partial charge in [0.2, 0.25) is 0 Å². The van der Waals surface area contributed by atoms with Gasteiger partial charge in [-0.3, -0.25) is 0 Å². The molecular formula is C23H27N3. The normalized spacial score (nSPS) is 21.6. The number of nitriles is 1. The summed E-state index contributed by atoms with van der Waals surface area (Å²) in [5, 5.41) is 9.42. The van der Waals surface area contributed by atoms with Gasteiger partial charge in [0.05, 0.1) is 17.2 Å². The molecule has 26 heavy (non-hydrogen) atoms. The van der Waals surface area contributed by atoms with Crippen molar-refractivity contribution in [1.82, 2.24) is 4.90 Å². The second-order valence-corrected chi connectivity index (χ2v) is 7.09. The fraction of sp³-hybridized carbons (Fsp3) is 0.348. The Morgan fingerprint density at radius 3 is 2.65 bits per heavy atom. The molecule has 134 valence electrons. The zero-order valence-electron chi connectivity index (χ0n) is 15.7. The smallest absolute Gasteiger partial charge is 0.0991 e. The highest BCUT2D eigenvalue weighted by molar-refractivity contribution is 5.70. The minimum atomic E-state index is -0.0859. The SMILES string of the molecule is CCCC1(c2ccc(C#N)cc2-c2ccccc2)CCC/C(=C/N)N1C. The lowest BCUT2D eigenvalue weighted by Gasteiger charge is -2.49. The van der Waals surface area contributed by atoms with Crippen molar-refractivity contribution in [3.8, 4) is 17.2 Å². The predicted octanol–water partition coefficient (Wildman–Crippen LogP) is 5.14. The predicted molar refractivity (Wildman–Crippen MR) is 107 cm³/mol. The van der Waals surface area contributed by atoms with Gasteiger partial charge < -0.3 is 10.6 Å². The Balaban J connectivity index is 2.24. The molecule has 1 unspecified atom stereocenters. The van der Waals surface area contributed by atoms with E-state index in [1.807, 2.05) is 18.2 Å². The number of piperidine rings is 1. The molecule has 1 aliphatic rings. The van der Waals surface area contributed by atoms with Crippen LogP contribution in [0, 0.1) is 11.3 Å². The first-order chi connectivity index (χ1) is 12.7. The highest BCUT2D eigenvalue weighted by Gasteiger charge is 2.40. The zero-order valence-corrected chi connectivity index (χ0v) is 15.7. The van der Waals surface area contributed by atoms with Crippen LogP contribution in [0.25, 0.3) is 11.1 Å². The Hall–Kier alpha value is -2.73. The maximum Gasteiger partial charge on any atom is 0.0991 e. The number of likely N-dealkylation sites (tertiary alicyclic amines) is 1. The second kappa shape index (κ2) is 7.66. The molecule has 0 saturated carbocycles. The van der Waals surface area contributed by atoms with E-state index in [9.17, 15) is 5.26 Å². The van der Waals surface area contributed by atoms with Gasteiger partial charge in [0.1, 0.15) is 0 Å². The van der Waals surface area contributed by atoms with Gasteiger partial charge in [-0.25, -0.2) is 0 Å². The van der Waals surface area contributed by atoms with Crippen LogP contribution in [0.4, 0.5) is 0 Å². The van der Waals surface area contributed by atoms with E-state index >= 15 is 0 Å². The summed E-state index contributed by atoms with van der Waals surface area (Å²) >= 11 is 0. The van der Waals surface area contributed by atoms with Crippen molar-refractivity contribution < 1.29 is 0 Å². The van der Waals surface area contributed by atoms with Crippen molar-refractivity contribution in [2.24, 2.45) is 5.73 Å². The van der Waals surface area contributed by atoms with Gasteiger partial charge in [0.15, 0.2) is 0 Å². The van der Waals surface area contributed by atoms with Crippen LogP contribution in [-0.2, 0) is 5.54 Å². The molecule has 0 amide bonds.